The summed E-state index contributed by atoms with van der Waals surface area (Å²) in [5.74, 6) is 0.595. The SMILES string of the molecule is COc1cc(C)c(C(N)C#N)cc1Cl. The van der Waals surface area contributed by atoms with E-state index in [9.17, 15) is 0 Å². The molecule has 4 heteroatoms. The third kappa shape index (κ3) is 1.98. The number of benzene rings is 1. The minimum absolute atomic E-state index is 0.471. The highest BCUT2D eigenvalue weighted by Crippen LogP contribution is 2.29. The average molecular weight is 211 g/mol. The minimum Gasteiger partial charge on any atom is -0.495 e. The van der Waals surface area contributed by atoms with Crippen LogP contribution in [0.3, 0.4) is 0 Å². The molecule has 0 spiro atoms. The van der Waals surface area contributed by atoms with Crippen LogP contribution >= 0.6 is 11.6 Å². The van der Waals surface area contributed by atoms with E-state index in [1.807, 2.05) is 13.0 Å². The molecule has 0 saturated heterocycles. The summed E-state index contributed by atoms with van der Waals surface area (Å²) < 4.78 is 5.04. The van der Waals surface area contributed by atoms with Gasteiger partial charge in [0.05, 0.1) is 18.2 Å². The number of nitriles is 1. The molecule has 14 heavy (non-hydrogen) atoms. The highest BCUT2D eigenvalue weighted by atomic mass is 35.5. The van der Waals surface area contributed by atoms with Crippen molar-refractivity contribution in [2.75, 3.05) is 7.11 Å². The summed E-state index contributed by atoms with van der Waals surface area (Å²) in [7, 11) is 1.55. The predicted molar refractivity (Wildman–Crippen MR) is 55.3 cm³/mol. The van der Waals surface area contributed by atoms with Gasteiger partial charge in [0.15, 0.2) is 0 Å². The van der Waals surface area contributed by atoms with Crippen LogP contribution < -0.4 is 10.5 Å². The second-order valence-electron chi connectivity index (χ2n) is 2.95. The molecule has 0 heterocycles. The van der Waals surface area contributed by atoms with Gasteiger partial charge in [0.2, 0.25) is 0 Å². The summed E-state index contributed by atoms with van der Waals surface area (Å²) in [6, 6.07) is 4.77. The maximum Gasteiger partial charge on any atom is 0.137 e. The molecule has 0 radical (unpaired) electrons. The van der Waals surface area contributed by atoms with Crippen molar-refractivity contribution in [1.82, 2.24) is 0 Å². The maximum absolute atomic E-state index is 8.68. The fourth-order valence-electron chi connectivity index (χ4n) is 1.23. The molecule has 0 saturated carbocycles. The molecule has 0 fully saturated rings. The van der Waals surface area contributed by atoms with Gasteiger partial charge in [0.1, 0.15) is 11.8 Å². The van der Waals surface area contributed by atoms with Crippen molar-refractivity contribution >= 4 is 11.6 Å². The van der Waals surface area contributed by atoms with Crippen LogP contribution in [0.4, 0.5) is 0 Å². The van der Waals surface area contributed by atoms with Gasteiger partial charge in [0.25, 0.3) is 0 Å². The Labute approximate surface area is 88.0 Å². The van der Waals surface area contributed by atoms with Crippen LogP contribution in [0.1, 0.15) is 17.2 Å². The Balaban J connectivity index is 3.23. The zero-order valence-corrected chi connectivity index (χ0v) is 8.80. The Bertz CT molecular complexity index is 384. The fraction of sp³-hybridized carbons (Fsp3) is 0.300. The number of rotatable bonds is 2. The van der Waals surface area contributed by atoms with Gasteiger partial charge in [0, 0.05) is 0 Å². The first-order valence-electron chi connectivity index (χ1n) is 4.09. The predicted octanol–water partition coefficient (Wildman–Crippen LogP) is 2.18. The van der Waals surface area contributed by atoms with Crippen molar-refractivity contribution in [2.24, 2.45) is 5.73 Å². The van der Waals surface area contributed by atoms with E-state index in [1.54, 1.807) is 19.2 Å². The topological polar surface area (TPSA) is 59.0 Å². The Kier molecular flexibility index (Phi) is 3.34. The van der Waals surface area contributed by atoms with Crippen LogP contribution in [0.15, 0.2) is 12.1 Å². The summed E-state index contributed by atoms with van der Waals surface area (Å²) in [6.45, 7) is 1.87. The van der Waals surface area contributed by atoms with Crippen molar-refractivity contribution < 1.29 is 4.74 Å². The molecular formula is C10H11ClN2O. The van der Waals surface area contributed by atoms with Crippen LogP contribution in [-0.4, -0.2) is 7.11 Å². The van der Waals surface area contributed by atoms with Crippen molar-refractivity contribution in [3.8, 4) is 11.8 Å². The Morgan fingerprint density at radius 2 is 2.21 bits per heavy atom. The highest BCUT2D eigenvalue weighted by Gasteiger charge is 2.11. The lowest BCUT2D eigenvalue weighted by Crippen LogP contribution is -2.09. The molecule has 2 N–H and O–H groups in total. The van der Waals surface area contributed by atoms with Gasteiger partial charge in [-0.3, -0.25) is 0 Å². The van der Waals surface area contributed by atoms with E-state index in [0.717, 1.165) is 11.1 Å². The smallest absolute Gasteiger partial charge is 0.137 e. The molecule has 1 aromatic carbocycles. The Hall–Kier alpha value is -1.24. The first-order chi connectivity index (χ1) is 6.60. The number of nitrogens with zero attached hydrogens (tertiary/aromatic N) is 1. The molecule has 0 bridgehead atoms. The highest BCUT2D eigenvalue weighted by molar-refractivity contribution is 6.32. The normalized spacial score (nSPS) is 11.9. The average Bonchev–Trinajstić information content (AvgIpc) is 2.19. The van der Waals surface area contributed by atoms with Gasteiger partial charge in [-0.1, -0.05) is 11.6 Å². The number of hydrogen-bond acceptors (Lipinski definition) is 3. The van der Waals surface area contributed by atoms with Gasteiger partial charge >= 0.3 is 0 Å². The quantitative estimate of drug-likeness (QED) is 0.814. The van der Waals surface area contributed by atoms with Crippen LogP contribution in [0.25, 0.3) is 0 Å². The molecule has 0 amide bonds. The van der Waals surface area contributed by atoms with Crippen LogP contribution in [0.5, 0.6) is 5.75 Å². The molecule has 3 nitrogen and oxygen atoms in total. The van der Waals surface area contributed by atoms with E-state index in [2.05, 4.69) is 0 Å². The van der Waals surface area contributed by atoms with Gasteiger partial charge in [-0.25, -0.2) is 0 Å². The molecule has 1 unspecified atom stereocenters. The second kappa shape index (κ2) is 4.32. The number of ether oxygens (including phenoxy) is 1. The Morgan fingerprint density at radius 1 is 1.57 bits per heavy atom. The number of nitrogens with two attached hydrogens (primary N) is 1. The lowest BCUT2D eigenvalue weighted by molar-refractivity contribution is 0.414. The molecule has 0 aliphatic heterocycles. The molecule has 74 valence electrons. The number of hydrogen-bond donors (Lipinski definition) is 1. The van der Waals surface area contributed by atoms with E-state index in [-0.39, 0.29) is 0 Å². The summed E-state index contributed by atoms with van der Waals surface area (Å²) in [6.07, 6.45) is 0. The van der Waals surface area contributed by atoms with Gasteiger partial charge in [-0.05, 0) is 30.2 Å². The molecular weight excluding hydrogens is 200 g/mol. The van der Waals surface area contributed by atoms with Crippen molar-refractivity contribution in [3.63, 3.8) is 0 Å². The van der Waals surface area contributed by atoms with Gasteiger partial charge in [-0.15, -0.1) is 0 Å². The van der Waals surface area contributed by atoms with Crippen LogP contribution in [-0.2, 0) is 0 Å². The summed E-state index contributed by atoms with van der Waals surface area (Å²) in [5.41, 5.74) is 7.23. The van der Waals surface area contributed by atoms with E-state index >= 15 is 0 Å². The first kappa shape index (κ1) is 10.8. The number of halogens is 1. The molecule has 0 aromatic heterocycles. The summed E-state index contributed by atoms with van der Waals surface area (Å²) in [5, 5.41) is 9.15. The monoisotopic (exact) mass is 210 g/mol. The number of aryl methyl sites for hydroxylation is 1. The molecule has 1 rings (SSSR count). The first-order valence-corrected chi connectivity index (χ1v) is 4.47. The zero-order valence-electron chi connectivity index (χ0n) is 8.04. The lowest BCUT2D eigenvalue weighted by Gasteiger charge is -2.11. The summed E-state index contributed by atoms with van der Waals surface area (Å²) >= 11 is 5.91. The van der Waals surface area contributed by atoms with Crippen molar-refractivity contribution in [1.29, 1.82) is 5.26 Å². The van der Waals surface area contributed by atoms with E-state index in [4.69, 9.17) is 27.3 Å². The molecule has 0 aliphatic rings. The maximum atomic E-state index is 8.68. The minimum atomic E-state index is -0.640. The largest absolute Gasteiger partial charge is 0.495 e. The fourth-order valence-corrected chi connectivity index (χ4v) is 1.48. The van der Waals surface area contributed by atoms with Gasteiger partial charge in [-0.2, -0.15) is 5.26 Å². The van der Waals surface area contributed by atoms with Crippen molar-refractivity contribution in [2.45, 2.75) is 13.0 Å². The third-order valence-corrected chi connectivity index (χ3v) is 2.31. The molecule has 1 aromatic rings. The third-order valence-electron chi connectivity index (χ3n) is 2.01. The van der Waals surface area contributed by atoms with E-state index < -0.39 is 6.04 Å². The zero-order chi connectivity index (χ0) is 10.7. The molecule has 0 aliphatic carbocycles. The lowest BCUT2D eigenvalue weighted by atomic mass is 10.0. The Morgan fingerprint density at radius 3 is 2.71 bits per heavy atom. The van der Waals surface area contributed by atoms with Crippen molar-refractivity contribution in [3.05, 3.63) is 28.3 Å². The van der Waals surface area contributed by atoms with E-state index in [1.165, 1.54) is 0 Å². The summed E-state index contributed by atoms with van der Waals surface area (Å²) in [4.78, 5) is 0. The molecule has 1 atom stereocenters. The van der Waals surface area contributed by atoms with Crippen LogP contribution in [0, 0.1) is 18.3 Å². The van der Waals surface area contributed by atoms with Crippen LogP contribution in [0.2, 0.25) is 5.02 Å². The second-order valence-corrected chi connectivity index (χ2v) is 3.36. The van der Waals surface area contributed by atoms with Gasteiger partial charge < -0.3 is 10.5 Å². The standard InChI is InChI=1S/C10H11ClN2O/c1-6-3-10(14-2)8(11)4-7(6)9(13)5-12/h3-4,9H,13H2,1-2H3. The van der Waals surface area contributed by atoms with E-state index in [0.29, 0.717) is 10.8 Å². The number of methoxy groups -OCH3 is 1.